The second-order valence-corrected chi connectivity index (χ2v) is 9.77. The summed E-state index contributed by atoms with van der Waals surface area (Å²) in [5.41, 5.74) is -0.430. The Bertz CT molecular complexity index is 969. The topological polar surface area (TPSA) is 96.4 Å². The van der Waals surface area contributed by atoms with Gasteiger partial charge in [0.25, 0.3) is 5.91 Å². The zero-order valence-corrected chi connectivity index (χ0v) is 20.8. The van der Waals surface area contributed by atoms with Crippen LogP contribution in [0.4, 0.5) is 5.69 Å². The molecule has 4 rings (SSSR count). The summed E-state index contributed by atoms with van der Waals surface area (Å²) in [4.78, 5) is 44.1. The summed E-state index contributed by atoms with van der Waals surface area (Å²) in [5, 5.41) is 9.71. The number of carbonyl (C=O) groups is 3. The molecule has 3 saturated heterocycles. The number of carbonyl (C=O) groups excluding carboxylic acids is 3. The number of hydrogen-bond donors (Lipinski definition) is 1. The van der Waals surface area contributed by atoms with E-state index in [1.54, 1.807) is 47.1 Å². The Morgan fingerprint density at radius 1 is 1.31 bits per heavy atom. The average molecular weight is 505 g/mol. The maximum atomic E-state index is 14.2. The third kappa shape index (κ3) is 4.47. The van der Waals surface area contributed by atoms with E-state index in [4.69, 9.17) is 26.2 Å². The fraction of sp³-hybridized carbons (Fsp3) is 0.577. The van der Waals surface area contributed by atoms with E-state index >= 15 is 0 Å². The number of fused-ring (bicyclic) bond motifs is 1. The third-order valence-corrected chi connectivity index (χ3v) is 7.62. The zero-order chi connectivity index (χ0) is 25.2. The highest BCUT2D eigenvalue weighted by Gasteiger charge is 2.75. The number of rotatable bonds is 11. The highest BCUT2D eigenvalue weighted by Crippen LogP contribution is 2.59. The molecule has 0 unspecified atom stereocenters. The number of anilines is 1. The Kier molecular flexibility index (Phi) is 7.83. The van der Waals surface area contributed by atoms with Gasteiger partial charge in [-0.05, 0) is 63.3 Å². The van der Waals surface area contributed by atoms with Gasteiger partial charge in [0.2, 0.25) is 5.91 Å². The number of aliphatic hydroxyl groups is 1. The van der Waals surface area contributed by atoms with Crippen LogP contribution in [0.15, 0.2) is 36.9 Å². The maximum absolute atomic E-state index is 14.2. The molecule has 1 spiro atoms. The number of nitrogens with zero attached hydrogens (tertiary/aromatic N) is 2. The monoisotopic (exact) mass is 504 g/mol. The predicted octanol–water partition coefficient (Wildman–Crippen LogP) is 2.96. The smallest absolute Gasteiger partial charge is 0.312 e. The second-order valence-electron chi connectivity index (χ2n) is 9.34. The van der Waals surface area contributed by atoms with Crippen LogP contribution >= 0.6 is 11.6 Å². The van der Waals surface area contributed by atoms with E-state index < -0.39 is 35.6 Å². The Balaban J connectivity index is 1.72. The summed E-state index contributed by atoms with van der Waals surface area (Å²) in [6, 6.07) is 6.07. The minimum Gasteiger partial charge on any atom is -0.466 e. The number of amides is 2. The van der Waals surface area contributed by atoms with Crippen molar-refractivity contribution in [3.05, 3.63) is 41.9 Å². The molecule has 2 bridgehead atoms. The molecule has 3 aliphatic rings. The van der Waals surface area contributed by atoms with E-state index in [1.807, 2.05) is 0 Å². The molecule has 0 radical (unpaired) electrons. The molecule has 1 aromatic rings. The summed E-state index contributed by atoms with van der Waals surface area (Å²) in [6.07, 6.45) is 4.29. The Morgan fingerprint density at radius 2 is 2.06 bits per heavy atom. The van der Waals surface area contributed by atoms with Crippen LogP contribution in [-0.4, -0.2) is 71.8 Å². The average Bonchev–Trinajstić information content (AvgIpc) is 3.48. The summed E-state index contributed by atoms with van der Waals surface area (Å²) < 4.78 is 11.7. The molecule has 0 saturated carbocycles. The Hall–Kier alpha value is -2.42. The molecule has 1 N–H and O–H groups in total. The number of esters is 1. The molecule has 2 amide bonds. The molecular weight excluding hydrogens is 472 g/mol. The van der Waals surface area contributed by atoms with E-state index in [0.29, 0.717) is 42.9 Å². The van der Waals surface area contributed by atoms with Crippen molar-refractivity contribution in [3.63, 3.8) is 0 Å². The van der Waals surface area contributed by atoms with E-state index in [9.17, 15) is 14.4 Å². The number of aliphatic hydroxyl groups excluding tert-OH is 1. The number of ether oxygens (including phenoxy) is 2. The molecule has 1 aromatic carbocycles. The van der Waals surface area contributed by atoms with Crippen molar-refractivity contribution in [2.24, 2.45) is 11.8 Å². The summed E-state index contributed by atoms with van der Waals surface area (Å²) in [5.74, 6) is -2.40. The van der Waals surface area contributed by atoms with Gasteiger partial charge in [-0.15, -0.1) is 6.58 Å². The maximum Gasteiger partial charge on any atom is 0.312 e. The lowest BCUT2D eigenvalue weighted by atomic mass is 9.70. The molecule has 3 fully saturated rings. The van der Waals surface area contributed by atoms with Crippen LogP contribution in [0.2, 0.25) is 5.02 Å². The normalized spacial score (nSPS) is 28.8. The number of benzene rings is 1. The quantitative estimate of drug-likeness (QED) is 0.283. The summed E-state index contributed by atoms with van der Waals surface area (Å²) in [7, 11) is 0. The van der Waals surface area contributed by atoms with Gasteiger partial charge in [0, 0.05) is 30.4 Å². The van der Waals surface area contributed by atoms with Crippen LogP contribution in [0.5, 0.6) is 0 Å². The zero-order valence-electron chi connectivity index (χ0n) is 20.0. The van der Waals surface area contributed by atoms with Gasteiger partial charge in [0.1, 0.15) is 11.6 Å². The lowest BCUT2D eigenvalue weighted by molar-refractivity contribution is -0.154. The van der Waals surface area contributed by atoms with Gasteiger partial charge in [0.05, 0.1) is 24.5 Å². The molecule has 35 heavy (non-hydrogen) atoms. The van der Waals surface area contributed by atoms with Gasteiger partial charge in [-0.2, -0.15) is 0 Å². The first-order valence-electron chi connectivity index (χ1n) is 12.3. The first kappa shape index (κ1) is 25.7. The fourth-order valence-corrected chi connectivity index (χ4v) is 6.10. The van der Waals surface area contributed by atoms with E-state index in [0.717, 1.165) is 6.42 Å². The molecule has 0 aromatic heterocycles. The highest BCUT2D eigenvalue weighted by atomic mass is 35.5. The van der Waals surface area contributed by atoms with E-state index in [2.05, 4.69) is 6.58 Å². The molecule has 190 valence electrons. The first-order valence-corrected chi connectivity index (χ1v) is 12.7. The van der Waals surface area contributed by atoms with Crippen LogP contribution < -0.4 is 4.90 Å². The molecule has 3 aliphatic heterocycles. The number of halogens is 1. The van der Waals surface area contributed by atoms with Crippen molar-refractivity contribution in [1.29, 1.82) is 0 Å². The number of hydrogen-bond acceptors (Lipinski definition) is 6. The molecule has 9 heteroatoms. The van der Waals surface area contributed by atoms with Crippen LogP contribution in [0.25, 0.3) is 0 Å². The van der Waals surface area contributed by atoms with Gasteiger partial charge in [-0.25, -0.2) is 0 Å². The van der Waals surface area contributed by atoms with Crippen LogP contribution in [0.3, 0.4) is 0 Å². The van der Waals surface area contributed by atoms with Gasteiger partial charge < -0.3 is 24.4 Å². The lowest BCUT2D eigenvalue weighted by Gasteiger charge is -2.36. The lowest BCUT2D eigenvalue weighted by Crippen LogP contribution is -2.56. The molecule has 8 nitrogen and oxygen atoms in total. The van der Waals surface area contributed by atoms with E-state index in [-0.39, 0.29) is 31.6 Å². The fourth-order valence-electron chi connectivity index (χ4n) is 5.97. The van der Waals surface area contributed by atoms with Crippen molar-refractivity contribution in [2.45, 2.75) is 56.8 Å². The van der Waals surface area contributed by atoms with Gasteiger partial charge >= 0.3 is 5.97 Å². The van der Waals surface area contributed by atoms with Crippen LogP contribution in [0, 0.1) is 11.8 Å². The van der Waals surface area contributed by atoms with Crippen LogP contribution in [-0.2, 0) is 23.9 Å². The van der Waals surface area contributed by atoms with Crippen molar-refractivity contribution < 1.29 is 29.0 Å². The van der Waals surface area contributed by atoms with Crippen molar-refractivity contribution in [3.8, 4) is 0 Å². The Morgan fingerprint density at radius 3 is 2.71 bits per heavy atom. The molecule has 5 atom stereocenters. The van der Waals surface area contributed by atoms with E-state index in [1.165, 1.54) is 0 Å². The Labute approximate surface area is 210 Å². The van der Waals surface area contributed by atoms with Crippen molar-refractivity contribution >= 4 is 35.1 Å². The van der Waals surface area contributed by atoms with Gasteiger partial charge in [-0.1, -0.05) is 17.7 Å². The minimum atomic E-state index is -1.07. The SMILES string of the molecule is C=CCN(C(=O)[C@H]1N(CCCCCO)C(=O)[C@@H]2[C@@H](C(=O)OCC)[C@H]3CC[C@]21O3)c1ccc(Cl)cc1. The largest absolute Gasteiger partial charge is 0.466 e. The molecule has 0 aliphatic carbocycles. The van der Waals surface area contributed by atoms with Crippen LogP contribution in [0.1, 0.15) is 39.0 Å². The minimum absolute atomic E-state index is 0.0717. The number of unbranched alkanes of at least 4 members (excludes halogenated alkanes) is 2. The second kappa shape index (κ2) is 10.7. The standard InChI is InChI=1S/C26H33ClN2O6/c1-3-14-28(18-10-8-17(27)9-11-18)24(32)22-26-13-12-19(35-26)20(25(33)34-4-2)21(26)23(31)29(22)15-6-5-7-16-30/h3,8-11,19-22,30H,1,4-7,12-16H2,2H3/t19-,20+,21+,22-,26+/m1/s1. The highest BCUT2D eigenvalue weighted by molar-refractivity contribution is 6.30. The molecule has 3 heterocycles. The molecular formula is C26H33ClN2O6. The third-order valence-electron chi connectivity index (χ3n) is 7.37. The predicted molar refractivity (Wildman–Crippen MR) is 131 cm³/mol. The van der Waals surface area contributed by atoms with Gasteiger partial charge in [0.15, 0.2) is 0 Å². The summed E-state index contributed by atoms with van der Waals surface area (Å²) >= 11 is 6.06. The number of likely N-dealkylation sites (tertiary alicyclic amines) is 1. The van der Waals surface area contributed by atoms with Gasteiger partial charge in [-0.3, -0.25) is 14.4 Å². The first-order chi connectivity index (χ1) is 16.9. The summed E-state index contributed by atoms with van der Waals surface area (Å²) in [6.45, 7) is 6.42. The van der Waals surface area contributed by atoms with Crippen molar-refractivity contribution in [2.75, 3.05) is 31.2 Å². The van der Waals surface area contributed by atoms with Crippen molar-refractivity contribution in [1.82, 2.24) is 4.90 Å².